The summed E-state index contributed by atoms with van der Waals surface area (Å²) in [5.41, 5.74) is 0. The topological polar surface area (TPSA) is 0 Å². The molecule has 0 aromatic rings. The van der Waals surface area contributed by atoms with Crippen molar-refractivity contribution in [3.05, 3.63) is 0 Å². The molecule has 0 amide bonds. The number of alkyl halides is 2. The number of hydrogen-bond donors (Lipinski definition) is 0. The molecule has 0 aromatic heterocycles. The molecular weight excluding hydrogens is 280 g/mol. The smallest absolute Gasteiger partial charge is 0.0145 e. The van der Waals surface area contributed by atoms with Crippen LogP contribution in [0.1, 0.15) is 39.5 Å². The number of halogens is 2. The fourth-order valence-electron chi connectivity index (χ4n) is 2.06. The molecule has 1 aliphatic rings. The fraction of sp³-hybridized carbons (Fsp3) is 1.00. The third-order valence-corrected chi connectivity index (χ3v) is 4.61. The van der Waals surface area contributed by atoms with Crippen LogP contribution in [0.3, 0.4) is 0 Å². The molecule has 1 fully saturated rings. The summed E-state index contributed by atoms with van der Waals surface area (Å²) >= 11 is 7.36. The second-order valence-electron chi connectivity index (χ2n) is 4.03. The zero-order chi connectivity index (χ0) is 9.14. The highest BCUT2D eigenvalue weighted by Crippen LogP contribution is 2.36. The van der Waals surface area contributed by atoms with Crippen LogP contribution < -0.4 is 0 Å². The third-order valence-electron chi connectivity index (χ3n) is 3.12. The van der Waals surface area contributed by atoms with E-state index in [1.54, 1.807) is 0 Å². The Bertz CT molecular complexity index is 108. The first-order valence-corrected chi connectivity index (χ1v) is 6.72. The monoisotopic (exact) mass is 296 g/mol. The fourth-order valence-corrected chi connectivity index (χ4v) is 3.12. The van der Waals surface area contributed by atoms with Gasteiger partial charge in [0.25, 0.3) is 0 Å². The Balaban J connectivity index is 2.30. The van der Waals surface area contributed by atoms with Crippen LogP contribution in [0, 0.1) is 11.8 Å². The second-order valence-corrected chi connectivity index (χ2v) is 6.92. The molecule has 0 saturated heterocycles. The summed E-state index contributed by atoms with van der Waals surface area (Å²) < 4.78 is 0. The van der Waals surface area contributed by atoms with Gasteiger partial charge in [-0.05, 0) is 37.5 Å². The summed E-state index contributed by atoms with van der Waals surface area (Å²) in [6.07, 6.45) is 5.64. The zero-order valence-corrected chi connectivity index (χ0v) is 11.1. The van der Waals surface area contributed by atoms with Gasteiger partial charge in [0.2, 0.25) is 0 Å². The van der Waals surface area contributed by atoms with Gasteiger partial charge in [-0.2, -0.15) is 0 Å². The third kappa shape index (κ3) is 3.02. The van der Waals surface area contributed by atoms with E-state index in [-0.39, 0.29) is 0 Å². The van der Waals surface area contributed by atoms with Crippen LogP contribution in [0.15, 0.2) is 0 Å². The van der Waals surface area contributed by atoms with Crippen molar-refractivity contribution < 1.29 is 0 Å². The molecule has 12 heavy (non-hydrogen) atoms. The number of rotatable bonds is 2. The quantitative estimate of drug-likeness (QED) is 0.664. The van der Waals surface area contributed by atoms with Crippen molar-refractivity contribution >= 4 is 31.9 Å². The summed E-state index contributed by atoms with van der Waals surface area (Å²) in [4.78, 5) is 1.42. The first-order chi connectivity index (χ1) is 5.61. The average molecular weight is 298 g/mol. The maximum absolute atomic E-state index is 3.68. The highest BCUT2D eigenvalue weighted by Gasteiger charge is 2.25. The zero-order valence-electron chi connectivity index (χ0n) is 7.89. The predicted octanol–water partition coefficient (Wildman–Crippen LogP) is 4.36. The molecule has 0 spiro atoms. The van der Waals surface area contributed by atoms with Crippen molar-refractivity contribution in [3.8, 4) is 0 Å². The van der Waals surface area contributed by atoms with Crippen LogP contribution in [0.2, 0.25) is 0 Å². The van der Waals surface area contributed by atoms with Gasteiger partial charge in [0.1, 0.15) is 0 Å². The predicted molar refractivity (Wildman–Crippen MR) is 62.2 cm³/mol. The molecule has 1 aliphatic carbocycles. The second kappa shape index (κ2) is 4.99. The van der Waals surface area contributed by atoms with Crippen molar-refractivity contribution in [1.29, 1.82) is 0 Å². The Morgan fingerprint density at radius 2 is 1.08 bits per heavy atom. The normalized spacial score (nSPS) is 36.0. The maximum atomic E-state index is 3.68. The Morgan fingerprint density at radius 3 is 1.25 bits per heavy atom. The van der Waals surface area contributed by atoms with Gasteiger partial charge in [0.15, 0.2) is 0 Å². The van der Waals surface area contributed by atoms with Gasteiger partial charge in [-0.3, -0.25) is 0 Å². The molecule has 0 aliphatic heterocycles. The van der Waals surface area contributed by atoms with E-state index >= 15 is 0 Å². The van der Waals surface area contributed by atoms with Gasteiger partial charge < -0.3 is 0 Å². The molecular formula is C10H18Br2. The standard InChI is InChI=1S/C10H18Br2/c1-7(11)9-3-5-10(6-4-9)8(2)12/h7-10H,3-6H2,1-2H3/t7?,8?,9-,10-. The lowest BCUT2D eigenvalue weighted by Crippen LogP contribution is -2.23. The van der Waals surface area contributed by atoms with E-state index in [1.165, 1.54) is 25.7 Å². The van der Waals surface area contributed by atoms with E-state index in [4.69, 9.17) is 0 Å². The van der Waals surface area contributed by atoms with Crippen LogP contribution in [0.5, 0.6) is 0 Å². The van der Waals surface area contributed by atoms with Crippen molar-refractivity contribution in [2.45, 2.75) is 49.2 Å². The summed E-state index contributed by atoms with van der Waals surface area (Å²) in [6.45, 7) is 4.56. The molecule has 0 aromatic carbocycles. The minimum atomic E-state index is 0.712. The van der Waals surface area contributed by atoms with Gasteiger partial charge in [0, 0.05) is 9.65 Å². The van der Waals surface area contributed by atoms with E-state index in [0.29, 0.717) is 9.65 Å². The Kier molecular flexibility index (Phi) is 4.59. The average Bonchev–Trinajstić information content (AvgIpc) is 2.04. The van der Waals surface area contributed by atoms with Crippen molar-refractivity contribution in [2.24, 2.45) is 11.8 Å². The van der Waals surface area contributed by atoms with E-state index in [0.717, 1.165) is 11.8 Å². The lowest BCUT2D eigenvalue weighted by Gasteiger charge is -2.31. The van der Waals surface area contributed by atoms with Crippen LogP contribution in [-0.2, 0) is 0 Å². The Hall–Kier alpha value is 0.960. The van der Waals surface area contributed by atoms with Crippen molar-refractivity contribution in [2.75, 3.05) is 0 Å². The summed E-state index contributed by atoms with van der Waals surface area (Å²) in [5, 5.41) is 0. The van der Waals surface area contributed by atoms with Gasteiger partial charge in [-0.25, -0.2) is 0 Å². The van der Waals surface area contributed by atoms with E-state index in [9.17, 15) is 0 Å². The lowest BCUT2D eigenvalue weighted by atomic mass is 9.80. The van der Waals surface area contributed by atoms with E-state index in [2.05, 4.69) is 45.7 Å². The molecule has 1 rings (SSSR count). The van der Waals surface area contributed by atoms with E-state index < -0.39 is 0 Å². The minimum absolute atomic E-state index is 0.712. The largest absolute Gasteiger partial charge is 0.0891 e. The molecule has 0 heterocycles. The van der Waals surface area contributed by atoms with Crippen LogP contribution in [0.4, 0.5) is 0 Å². The molecule has 72 valence electrons. The lowest BCUT2D eigenvalue weighted by molar-refractivity contribution is 0.276. The molecule has 0 bridgehead atoms. The minimum Gasteiger partial charge on any atom is -0.0891 e. The van der Waals surface area contributed by atoms with Gasteiger partial charge in [-0.1, -0.05) is 45.7 Å². The van der Waals surface area contributed by atoms with Crippen LogP contribution >= 0.6 is 31.9 Å². The Labute approximate surface area is 92.8 Å². The molecule has 0 radical (unpaired) electrons. The first kappa shape index (κ1) is 11.0. The highest BCUT2D eigenvalue weighted by molar-refractivity contribution is 9.09. The summed E-state index contributed by atoms with van der Waals surface area (Å²) in [5.74, 6) is 1.85. The summed E-state index contributed by atoms with van der Waals surface area (Å²) in [7, 11) is 0. The molecule has 2 heteroatoms. The van der Waals surface area contributed by atoms with Crippen molar-refractivity contribution in [1.82, 2.24) is 0 Å². The SMILES string of the molecule is CC(Br)[C@H]1CC[C@H](C(C)Br)CC1. The van der Waals surface area contributed by atoms with Gasteiger partial charge in [-0.15, -0.1) is 0 Å². The van der Waals surface area contributed by atoms with E-state index in [1.807, 2.05) is 0 Å². The molecule has 2 atom stereocenters. The Morgan fingerprint density at radius 1 is 0.833 bits per heavy atom. The molecule has 2 unspecified atom stereocenters. The maximum Gasteiger partial charge on any atom is 0.0145 e. The summed E-state index contributed by atoms with van der Waals surface area (Å²) in [6, 6.07) is 0. The number of hydrogen-bond acceptors (Lipinski definition) is 0. The highest BCUT2D eigenvalue weighted by atomic mass is 79.9. The van der Waals surface area contributed by atoms with Crippen molar-refractivity contribution in [3.63, 3.8) is 0 Å². The van der Waals surface area contributed by atoms with Crippen LogP contribution in [0.25, 0.3) is 0 Å². The molecule has 1 saturated carbocycles. The first-order valence-electron chi connectivity index (χ1n) is 4.89. The van der Waals surface area contributed by atoms with Crippen LogP contribution in [-0.4, -0.2) is 9.65 Å². The van der Waals surface area contributed by atoms with Gasteiger partial charge in [0.05, 0.1) is 0 Å². The molecule has 0 N–H and O–H groups in total. The molecule has 0 nitrogen and oxygen atoms in total. The van der Waals surface area contributed by atoms with Gasteiger partial charge >= 0.3 is 0 Å².